The molecule has 1 aliphatic rings. The molecule has 3 aromatic carbocycles. The lowest BCUT2D eigenvalue weighted by molar-refractivity contribution is -0.153. The molecule has 9 heteroatoms. The van der Waals surface area contributed by atoms with Gasteiger partial charge in [0.2, 0.25) is 0 Å². The highest BCUT2D eigenvalue weighted by Crippen LogP contribution is 2.32. The average Bonchev–Trinajstić information content (AvgIpc) is 3.21. The van der Waals surface area contributed by atoms with Crippen LogP contribution in [-0.4, -0.2) is 57.8 Å². The number of amides is 1. The Balaban J connectivity index is 1.35. The fourth-order valence-corrected chi connectivity index (χ4v) is 6.68. The van der Waals surface area contributed by atoms with Gasteiger partial charge in [-0.25, -0.2) is 5.48 Å². The summed E-state index contributed by atoms with van der Waals surface area (Å²) >= 11 is 0. The first-order valence-corrected chi connectivity index (χ1v) is 21.0. The molecule has 4 rings (SSSR count). The summed E-state index contributed by atoms with van der Waals surface area (Å²) in [6.45, 7) is 4.13. The van der Waals surface area contributed by atoms with Crippen LogP contribution in [0.5, 0.6) is 23.0 Å². The molecule has 0 aromatic heterocycles. The number of rotatable bonds is 23. The van der Waals surface area contributed by atoms with Gasteiger partial charge in [0.25, 0.3) is 5.91 Å². The number of para-hydroxylation sites is 4. The molecule has 1 amide bonds. The zero-order valence-corrected chi connectivity index (χ0v) is 33.4. The van der Waals surface area contributed by atoms with Crippen molar-refractivity contribution in [2.75, 3.05) is 46.2 Å². The van der Waals surface area contributed by atoms with E-state index in [1.54, 1.807) is 0 Å². The standard InChI is InChI=1S/C46H67NO8/c1-2-3-4-5-6-7-8-9-10-11-12-13-14-15-16-24-31-46(54-37-45(48)47-55-36-40-25-18-17-19-26-40)38-52-43-29-22-20-27-41(43)50-34-32-49-33-35-51-42-28-21-23-30-44(42)53-39-46/h17-23,25-30H,2-16,24,31-39H2,1H3,(H,47,48). The summed E-state index contributed by atoms with van der Waals surface area (Å²) in [5.41, 5.74) is 2.53. The molecule has 0 fully saturated rings. The molecular formula is C46H67NO8. The molecule has 0 atom stereocenters. The van der Waals surface area contributed by atoms with Crippen LogP contribution in [0.15, 0.2) is 78.9 Å². The van der Waals surface area contributed by atoms with Crippen LogP contribution in [0.1, 0.15) is 122 Å². The Morgan fingerprint density at radius 2 is 1.00 bits per heavy atom. The van der Waals surface area contributed by atoms with E-state index < -0.39 is 5.60 Å². The molecule has 0 radical (unpaired) electrons. The number of hydroxylamine groups is 1. The van der Waals surface area contributed by atoms with Crippen molar-refractivity contribution in [3.05, 3.63) is 84.4 Å². The van der Waals surface area contributed by atoms with E-state index in [4.69, 9.17) is 33.3 Å². The van der Waals surface area contributed by atoms with Gasteiger partial charge in [-0.3, -0.25) is 9.63 Å². The number of ether oxygens (including phenoxy) is 6. The topological polar surface area (TPSA) is 93.7 Å². The van der Waals surface area contributed by atoms with E-state index in [1.807, 2.05) is 78.9 Å². The van der Waals surface area contributed by atoms with E-state index in [0.29, 0.717) is 55.8 Å². The van der Waals surface area contributed by atoms with E-state index in [0.717, 1.165) is 24.8 Å². The second-order valence-electron chi connectivity index (χ2n) is 14.6. The predicted octanol–water partition coefficient (Wildman–Crippen LogP) is 10.6. The average molecular weight is 762 g/mol. The molecule has 0 spiro atoms. The summed E-state index contributed by atoms with van der Waals surface area (Å²) < 4.78 is 37.3. The molecule has 0 saturated heterocycles. The molecule has 3 aromatic rings. The molecule has 0 bridgehead atoms. The van der Waals surface area contributed by atoms with E-state index in [1.165, 1.54) is 83.5 Å². The highest BCUT2D eigenvalue weighted by molar-refractivity contribution is 5.76. The van der Waals surface area contributed by atoms with E-state index in [-0.39, 0.29) is 32.3 Å². The van der Waals surface area contributed by atoms with Crippen molar-refractivity contribution in [3.8, 4) is 23.0 Å². The van der Waals surface area contributed by atoms with Crippen LogP contribution in [0.25, 0.3) is 0 Å². The third kappa shape index (κ3) is 18.6. The summed E-state index contributed by atoms with van der Waals surface area (Å²) in [4.78, 5) is 18.6. The summed E-state index contributed by atoms with van der Waals surface area (Å²) in [6.07, 6.45) is 21.3. The maximum absolute atomic E-state index is 13.1. The Hall–Kier alpha value is -3.79. The highest BCUT2D eigenvalue weighted by Gasteiger charge is 2.35. The normalized spacial score (nSPS) is 14.6. The third-order valence-corrected chi connectivity index (χ3v) is 9.91. The van der Waals surface area contributed by atoms with Crippen molar-refractivity contribution in [1.82, 2.24) is 5.48 Å². The SMILES string of the molecule is CCCCCCCCCCCCCCCCCCC1(OCC(=O)NOCc2ccccc2)COc2ccccc2OCCOCCOc2ccccc2OC1. The predicted molar refractivity (Wildman–Crippen MR) is 218 cm³/mol. The van der Waals surface area contributed by atoms with Gasteiger partial charge in [0.05, 0.1) is 19.8 Å². The van der Waals surface area contributed by atoms with Gasteiger partial charge in [0, 0.05) is 0 Å². The smallest absolute Gasteiger partial charge is 0.269 e. The lowest BCUT2D eigenvalue weighted by atomic mass is 9.96. The second-order valence-corrected chi connectivity index (χ2v) is 14.6. The number of benzene rings is 3. The largest absolute Gasteiger partial charge is 0.487 e. The minimum absolute atomic E-state index is 0.143. The molecule has 1 heterocycles. The number of unbranched alkanes of at least 4 members (excludes halogenated alkanes) is 15. The first kappa shape index (κ1) is 43.9. The second kappa shape index (κ2) is 27.7. The van der Waals surface area contributed by atoms with Crippen LogP contribution in [-0.2, 0) is 25.7 Å². The minimum Gasteiger partial charge on any atom is -0.487 e. The van der Waals surface area contributed by atoms with Gasteiger partial charge in [-0.2, -0.15) is 0 Å². The summed E-state index contributed by atoms with van der Waals surface area (Å²) in [5.74, 6) is 2.03. The molecule has 9 nitrogen and oxygen atoms in total. The monoisotopic (exact) mass is 761 g/mol. The summed E-state index contributed by atoms with van der Waals surface area (Å²) in [6, 6.07) is 24.9. The number of carbonyl (C=O) groups is 1. The molecule has 0 saturated carbocycles. The molecule has 1 aliphatic heterocycles. The van der Waals surface area contributed by atoms with Gasteiger partial charge in [-0.1, -0.05) is 164 Å². The quantitative estimate of drug-likeness (QED) is 0.0754. The first-order valence-electron chi connectivity index (χ1n) is 21.0. The van der Waals surface area contributed by atoms with Crippen LogP contribution in [0.4, 0.5) is 0 Å². The maximum Gasteiger partial charge on any atom is 0.269 e. The zero-order valence-electron chi connectivity index (χ0n) is 33.4. The molecule has 1 N–H and O–H groups in total. The lowest BCUT2D eigenvalue weighted by Gasteiger charge is -2.34. The van der Waals surface area contributed by atoms with Gasteiger partial charge < -0.3 is 28.4 Å². The summed E-state index contributed by atoms with van der Waals surface area (Å²) in [7, 11) is 0. The van der Waals surface area contributed by atoms with Gasteiger partial charge in [-0.15, -0.1) is 0 Å². The molecule has 0 unspecified atom stereocenters. The van der Waals surface area contributed by atoms with E-state index in [2.05, 4.69) is 12.4 Å². The Kier molecular flexibility index (Phi) is 22.2. The number of hydrogen-bond acceptors (Lipinski definition) is 8. The van der Waals surface area contributed by atoms with Crippen molar-refractivity contribution < 1.29 is 38.1 Å². The molecule has 304 valence electrons. The van der Waals surface area contributed by atoms with Crippen molar-refractivity contribution in [2.45, 2.75) is 128 Å². The fraction of sp³-hybridized carbons (Fsp3) is 0.587. The molecular weight excluding hydrogens is 695 g/mol. The van der Waals surface area contributed by atoms with Crippen LogP contribution >= 0.6 is 0 Å². The fourth-order valence-electron chi connectivity index (χ4n) is 6.68. The number of fused-ring (bicyclic) bond motifs is 2. The van der Waals surface area contributed by atoms with Crippen LogP contribution in [0.3, 0.4) is 0 Å². The van der Waals surface area contributed by atoms with Crippen LogP contribution < -0.4 is 24.4 Å². The highest BCUT2D eigenvalue weighted by atomic mass is 16.7. The number of carbonyl (C=O) groups excluding carboxylic acids is 1. The van der Waals surface area contributed by atoms with Gasteiger partial charge in [0.1, 0.15) is 38.6 Å². The Morgan fingerprint density at radius 3 is 1.49 bits per heavy atom. The van der Waals surface area contributed by atoms with Crippen molar-refractivity contribution in [1.29, 1.82) is 0 Å². The first-order chi connectivity index (χ1) is 27.2. The molecule has 55 heavy (non-hydrogen) atoms. The number of hydrogen-bond donors (Lipinski definition) is 1. The van der Waals surface area contributed by atoms with Crippen molar-refractivity contribution in [3.63, 3.8) is 0 Å². The summed E-state index contributed by atoms with van der Waals surface area (Å²) in [5, 5.41) is 0. The Morgan fingerprint density at radius 1 is 0.564 bits per heavy atom. The Bertz CT molecular complexity index is 1360. The van der Waals surface area contributed by atoms with Gasteiger partial charge >= 0.3 is 0 Å². The lowest BCUT2D eigenvalue weighted by Crippen LogP contribution is -2.47. The maximum atomic E-state index is 13.1. The minimum atomic E-state index is -0.965. The third-order valence-electron chi connectivity index (χ3n) is 9.91. The van der Waals surface area contributed by atoms with Crippen molar-refractivity contribution >= 4 is 5.91 Å². The van der Waals surface area contributed by atoms with Gasteiger partial charge in [-0.05, 0) is 36.2 Å². The van der Waals surface area contributed by atoms with Crippen LogP contribution in [0.2, 0.25) is 0 Å². The van der Waals surface area contributed by atoms with Gasteiger partial charge in [0.15, 0.2) is 23.0 Å². The molecule has 0 aliphatic carbocycles. The zero-order chi connectivity index (χ0) is 38.5. The van der Waals surface area contributed by atoms with E-state index >= 15 is 0 Å². The van der Waals surface area contributed by atoms with E-state index in [9.17, 15) is 4.79 Å². The number of nitrogens with one attached hydrogen (secondary N) is 1. The van der Waals surface area contributed by atoms with Crippen LogP contribution in [0, 0.1) is 0 Å². The van der Waals surface area contributed by atoms with Crippen molar-refractivity contribution in [2.24, 2.45) is 0 Å². The Labute approximate surface area is 330 Å².